The number of benzene rings is 1. The molecule has 2 aromatic rings. The minimum absolute atomic E-state index is 0.0792. The quantitative estimate of drug-likeness (QED) is 0.936. The van der Waals surface area contributed by atoms with Gasteiger partial charge in [0.1, 0.15) is 5.82 Å². The Balaban J connectivity index is 2.27. The Morgan fingerprint density at radius 2 is 1.90 bits per heavy atom. The van der Waals surface area contributed by atoms with Crippen LogP contribution in [-0.2, 0) is 0 Å². The van der Waals surface area contributed by atoms with E-state index in [9.17, 15) is 9.59 Å². The molecule has 0 aliphatic rings. The molecule has 1 aromatic heterocycles. The van der Waals surface area contributed by atoms with Crippen molar-refractivity contribution in [2.45, 2.75) is 0 Å². The van der Waals surface area contributed by atoms with E-state index in [1.54, 1.807) is 25.2 Å². The van der Waals surface area contributed by atoms with E-state index in [2.05, 4.69) is 20.9 Å². The maximum Gasteiger partial charge on any atom is 0.337 e. The minimum atomic E-state index is -1.05. The van der Waals surface area contributed by atoms with Crippen molar-refractivity contribution in [3.63, 3.8) is 0 Å². The van der Waals surface area contributed by atoms with Crippen LogP contribution in [0, 0.1) is 0 Å². The number of halogens is 1. The van der Waals surface area contributed by atoms with E-state index in [1.165, 1.54) is 23.2 Å². The molecule has 5 nitrogen and oxygen atoms in total. The highest BCUT2D eigenvalue weighted by Gasteiger charge is 2.17. The second kappa shape index (κ2) is 5.83. The van der Waals surface area contributed by atoms with Crippen molar-refractivity contribution in [1.82, 2.24) is 4.98 Å². The highest BCUT2D eigenvalue weighted by atomic mass is 79.9. The Bertz CT molecular complexity index is 656. The van der Waals surface area contributed by atoms with Gasteiger partial charge in [-0.2, -0.15) is 0 Å². The average Bonchev–Trinajstić information content (AvgIpc) is 2.46. The molecule has 1 aromatic carbocycles. The minimum Gasteiger partial charge on any atom is -0.478 e. The Morgan fingerprint density at radius 1 is 1.20 bits per heavy atom. The first kappa shape index (κ1) is 14.2. The highest BCUT2D eigenvalue weighted by Crippen LogP contribution is 2.20. The van der Waals surface area contributed by atoms with Crippen LogP contribution in [-0.4, -0.2) is 29.0 Å². The van der Waals surface area contributed by atoms with Gasteiger partial charge in [0.25, 0.3) is 5.91 Å². The Morgan fingerprint density at radius 3 is 2.45 bits per heavy atom. The second-order valence-electron chi connectivity index (χ2n) is 4.05. The van der Waals surface area contributed by atoms with Gasteiger partial charge in [0.2, 0.25) is 0 Å². The van der Waals surface area contributed by atoms with E-state index < -0.39 is 5.97 Å². The molecule has 1 amide bonds. The molecule has 20 heavy (non-hydrogen) atoms. The molecular formula is C14H11BrN2O3. The molecule has 0 spiro atoms. The number of amides is 1. The fraction of sp³-hybridized carbons (Fsp3) is 0.0714. The fourth-order valence-electron chi connectivity index (χ4n) is 1.63. The number of carbonyl (C=O) groups excluding carboxylic acids is 1. The Hall–Kier alpha value is -2.21. The maximum absolute atomic E-state index is 12.3. The number of hydrogen-bond donors (Lipinski definition) is 1. The molecule has 0 aliphatic heterocycles. The summed E-state index contributed by atoms with van der Waals surface area (Å²) in [7, 11) is 1.59. The van der Waals surface area contributed by atoms with Crippen molar-refractivity contribution < 1.29 is 14.7 Å². The topological polar surface area (TPSA) is 70.5 Å². The van der Waals surface area contributed by atoms with Crippen LogP contribution in [0.4, 0.5) is 5.82 Å². The van der Waals surface area contributed by atoms with E-state index in [1.807, 2.05) is 6.07 Å². The molecule has 1 N–H and O–H groups in total. The van der Waals surface area contributed by atoms with Crippen LogP contribution in [0.1, 0.15) is 20.7 Å². The van der Waals surface area contributed by atoms with Gasteiger partial charge in [-0.1, -0.05) is 12.1 Å². The summed E-state index contributed by atoms with van der Waals surface area (Å²) in [6, 6.07) is 9.98. The number of aromatic nitrogens is 1. The zero-order chi connectivity index (χ0) is 14.7. The first-order valence-corrected chi connectivity index (χ1v) is 6.52. The maximum atomic E-state index is 12.3. The molecule has 6 heteroatoms. The predicted octanol–water partition coefficient (Wildman–Crippen LogP) is 2.82. The van der Waals surface area contributed by atoms with Crippen LogP contribution in [0.5, 0.6) is 0 Å². The van der Waals surface area contributed by atoms with Gasteiger partial charge in [-0.15, -0.1) is 0 Å². The van der Waals surface area contributed by atoms with Gasteiger partial charge in [0, 0.05) is 17.7 Å². The van der Waals surface area contributed by atoms with Gasteiger partial charge in [0.05, 0.1) is 11.1 Å². The summed E-state index contributed by atoms with van der Waals surface area (Å²) in [6.07, 6.45) is 1.22. The van der Waals surface area contributed by atoms with Crippen molar-refractivity contribution in [2.75, 3.05) is 11.9 Å². The van der Waals surface area contributed by atoms with Crippen molar-refractivity contribution in [2.24, 2.45) is 0 Å². The summed E-state index contributed by atoms with van der Waals surface area (Å²) in [5.74, 6) is -0.896. The number of rotatable bonds is 3. The largest absolute Gasteiger partial charge is 0.478 e. The van der Waals surface area contributed by atoms with Crippen molar-refractivity contribution in [3.8, 4) is 0 Å². The number of carboxylic acids is 1. The normalized spacial score (nSPS) is 10.1. The first-order valence-electron chi connectivity index (χ1n) is 5.72. The molecular weight excluding hydrogens is 324 g/mol. The molecule has 0 saturated carbocycles. The number of anilines is 1. The zero-order valence-electron chi connectivity index (χ0n) is 10.6. The summed E-state index contributed by atoms with van der Waals surface area (Å²) in [5, 5.41) is 8.81. The van der Waals surface area contributed by atoms with Gasteiger partial charge in [-0.25, -0.2) is 9.78 Å². The summed E-state index contributed by atoms with van der Waals surface area (Å²) in [4.78, 5) is 28.4. The SMILES string of the molecule is CN(C(=O)c1ccccc1Br)c1ccc(C(=O)O)cn1. The highest BCUT2D eigenvalue weighted by molar-refractivity contribution is 9.10. The van der Waals surface area contributed by atoms with Gasteiger partial charge in [0.15, 0.2) is 0 Å². The number of carboxylic acid groups (broad SMARTS) is 1. The van der Waals surface area contributed by atoms with Crippen LogP contribution >= 0.6 is 15.9 Å². The van der Waals surface area contributed by atoms with Crippen LogP contribution in [0.15, 0.2) is 47.1 Å². The second-order valence-corrected chi connectivity index (χ2v) is 4.91. The third-order valence-electron chi connectivity index (χ3n) is 2.75. The summed E-state index contributed by atoms with van der Waals surface area (Å²) in [6.45, 7) is 0. The molecule has 102 valence electrons. The number of hydrogen-bond acceptors (Lipinski definition) is 3. The first-order chi connectivity index (χ1) is 9.50. The van der Waals surface area contributed by atoms with Crippen molar-refractivity contribution in [3.05, 3.63) is 58.2 Å². The Labute approximate surface area is 124 Å². The van der Waals surface area contributed by atoms with E-state index >= 15 is 0 Å². The number of carbonyl (C=O) groups is 2. The average molecular weight is 335 g/mol. The van der Waals surface area contributed by atoms with E-state index in [0.29, 0.717) is 15.9 Å². The van der Waals surface area contributed by atoms with Gasteiger partial charge >= 0.3 is 5.97 Å². The summed E-state index contributed by atoms with van der Waals surface area (Å²) in [5.41, 5.74) is 0.592. The van der Waals surface area contributed by atoms with Crippen LogP contribution < -0.4 is 4.90 Å². The lowest BCUT2D eigenvalue weighted by atomic mass is 10.2. The third-order valence-corrected chi connectivity index (χ3v) is 3.44. The lowest BCUT2D eigenvalue weighted by molar-refractivity contribution is 0.0696. The van der Waals surface area contributed by atoms with Gasteiger partial charge in [-0.3, -0.25) is 9.69 Å². The fourth-order valence-corrected chi connectivity index (χ4v) is 2.08. The Kier molecular flexibility index (Phi) is 4.14. The summed E-state index contributed by atoms with van der Waals surface area (Å²) < 4.78 is 0.694. The molecule has 1 heterocycles. The molecule has 0 unspecified atom stereocenters. The van der Waals surface area contributed by atoms with Crippen LogP contribution in [0.2, 0.25) is 0 Å². The lowest BCUT2D eigenvalue weighted by Gasteiger charge is -2.17. The van der Waals surface area contributed by atoms with Crippen molar-refractivity contribution >= 4 is 33.6 Å². The number of pyridine rings is 1. The van der Waals surface area contributed by atoms with Crippen LogP contribution in [0.25, 0.3) is 0 Å². The summed E-state index contributed by atoms with van der Waals surface area (Å²) >= 11 is 3.32. The molecule has 0 saturated heterocycles. The standard InChI is InChI=1S/C14H11BrN2O3/c1-17(12-7-6-9(8-16-12)14(19)20)13(18)10-4-2-3-5-11(10)15/h2-8H,1H3,(H,19,20). The molecule has 0 fully saturated rings. The predicted molar refractivity (Wildman–Crippen MR) is 78.1 cm³/mol. The third kappa shape index (κ3) is 2.85. The van der Waals surface area contributed by atoms with Gasteiger partial charge in [-0.05, 0) is 40.2 Å². The molecule has 0 aliphatic carbocycles. The number of nitrogens with zero attached hydrogens (tertiary/aromatic N) is 2. The smallest absolute Gasteiger partial charge is 0.337 e. The number of aromatic carboxylic acids is 1. The molecule has 0 atom stereocenters. The molecule has 2 rings (SSSR count). The van der Waals surface area contributed by atoms with Gasteiger partial charge < -0.3 is 5.11 Å². The van der Waals surface area contributed by atoms with Crippen molar-refractivity contribution in [1.29, 1.82) is 0 Å². The molecule has 0 radical (unpaired) electrons. The monoisotopic (exact) mass is 334 g/mol. The van der Waals surface area contributed by atoms with Crippen LogP contribution in [0.3, 0.4) is 0 Å². The van der Waals surface area contributed by atoms with E-state index in [0.717, 1.165) is 0 Å². The molecule has 0 bridgehead atoms. The zero-order valence-corrected chi connectivity index (χ0v) is 12.2. The van der Waals surface area contributed by atoms with E-state index in [-0.39, 0.29) is 11.5 Å². The lowest BCUT2D eigenvalue weighted by Crippen LogP contribution is -2.27. The van der Waals surface area contributed by atoms with E-state index in [4.69, 9.17) is 5.11 Å².